The fourth-order valence-corrected chi connectivity index (χ4v) is 4.76. The van der Waals surface area contributed by atoms with E-state index in [2.05, 4.69) is 74.5 Å². The predicted octanol–water partition coefficient (Wildman–Crippen LogP) is 5.73. The molecule has 1 aromatic heterocycles. The van der Waals surface area contributed by atoms with Crippen molar-refractivity contribution in [2.24, 2.45) is 11.8 Å². The maximum atomic E-state index is 12.4. The molecule has 0 saturated heterocycles. The quantitative estimate of drug-likeness (QED) is 0.479. The molecule has 0 aliphatic heterocycles. The molecule has 1 N–H and O–H groups in total. The number of fused-ring (bicyclic) bond motifs is 3. The van der Waals surface area contributed by atoms with E-state index in [4.69, 9.17) is 4.74 Å². The number of hydrogen-bond acceptors (Lipinski definition) is 4. The third-order valence-corrected chi connectivity index (χ3v) is 7.56. The molecule has 2 atom stereocenters. The average Bonchev–Trinajstić information content (AvgIpc) is 3.44. The van der Waals surface area contributed by atoms with Crippen molar-refractivity contribution in [3.8, 4) is 11.1 Å². The molecule has 1 heterocycles. The van der Waals surface area contributed by atoms with Crippen LogP contribution in [-0.2, 0) is 16.8 Å². The van der Waals surface area contributed by atoms with Crippen molar-refractivity contribution in [2.75, 3.05) is 6.61 Å². The molecule has 0 saturated carbocycles. The fraction of sp³-hybridized carbons (Fsp3) is 0.444. The highest BCUT2D eigenvalue weighted by molar-refractivity contribution is 5.79. The number of rotatable bonds is 8. The number of carbonyl (C=O) groups excluding carboxylic acids is 1. The van der Waals surface area contributed by atoms with Crippen LogP contribution >= 0.6 is 0 Å². The number of benzene rings is 2. The zero-order valence-electron chi connectivity index (χ0n) is 20.2. The maximum Gasteiger partial charge on any atom is 0.408 e. The number of nitrogens with zero attached hydrogens (tertiary/aromatic N) is 3. The van der Waals surface area contributed by atoms with Crippen molar-refractivity contribution < 1.29 is 9.53 Å². The minimum Gasteiger partial charge on any atom is -0.449 e. The number of alkyl carbamates (subject to hydrolysis) is 1. The van der Waals surface area contributed by atoms with Crippen molar-refractivity contribution >= 4 is 6.09 Å². The van der Waals surface area contributed by atoms with E-state index in [0.717, 1.165) is 12.1 Å². The highest BCUT2D eigenvalue weighted by atomic mass is 16.5. The van der Waals surface area contributed by atoms with Gasteiger partial charge in [0.2, 0.25) is 0 Å². The van der Waals surface area contributed by atoms with Crippen LogP contribution in [0.5, 0.6) is 0 Å². The number of amides is 1. The summed E-state index contributed by atoms with van der Waals surface area (Å²) in [5, 5.41) is 11.4. The summed E-state index contributed by atoms with van der Waals surface area (Å²) < 4.78 is 7.26. The van der Waals surface area contributed by atoms with E-state index in [1.165, 1.54) is 22.3 Å². The van der Waals surface area contributed by atoms with Gasteiger partial charge in [-0.25, -0.2) is 9.48 Å². The summed E-state index contributed by atoms with van der Waals surface area (Å²) in [7, 11) is 0. The van der Waals surface area contributed by atoms with Crippen molar-refractivity contribution in [1.29, 1.82) is 0 Å². The van der Waals surface area contributed by atoms with Crippen LogP contribution in [-0.4, -0.2) is 27.7 Å². The van der Waals surface area contributed by atoms with Crippen molar-refractivity contribution in [3.05, 3.63) is 71.5 Å². The lowest BCUT2D eigenvalue weighted by Gasteiger charge is -2.33. The van der Waals surface area contributed by atoms with E-state index in [1.807, 2.05) is 30.5 Å². The summed E-state index contributed by atoms with van der Waals surface area (Å²) in [5.74, 6) is 1.09. The molecule has 174 valence electrons. The normalized spacial score (nSPS) is 14.9. The lowest BCUT2D eigenvalue weighted by molar-refractivity contribution is 0.139. The van der Waals surface area contributed by atoms with Gasteiger partial charge >= 0.3 is 6.09 Å². The third-order valence-electron chi connectivity index (χ3n) is 7.56. The lowest BCUT2D eigenvalue weighted by atomic mass is 9.71. The van der Waals surface area contributed by atoms with Crippen LogP contribution < -0.4 is 5.32 Å². The monoisotopic (exact) mass is 446 g/mol. The van der Waals surface area contributed by atoms with Gasteiger partial charge in [0, 0.05) is 11.3 Å². The van der Waals surface area contributed by atoms with E-state index >= 15 is 0 Å². The van der Waals surface area contributed by atoms with Crippen LogP contribution in [0.2, 0.25) is 0 Å². The number of hydrogen-bond donors (Lipinski definition) is 1. The molecule has 0 bridgehead atoms. The summed E-state index contributed by atoms with van der Waals surface area (Å²) in [6, 6.07) is 16.6. The maximum absolute atomic E-state index is 12.4. The molecule has 2 unspecified atom stereocenters. The van der Waals surface area contributed by atoms with Crippen LogP contribution in [0.1, 0.15) is 63.8 Å². The minimum atomic E-state index is -0.457. The smallest absolute Gasteiger partial charge is 0.408 e. The Bertz CT molecular complexity index is 1080. The molecule has 1 aliphatic rings. The Hall–Kier alpha value is -3.15. The third kappa shape index (κ3) is 4.52. The molecule has 0 spiro atoms. The number of carbonyl (C=O) groups is 1. The summed E-state index contributed by atoms with van der Waals surface area (Å²) in [6.07, 6.45) is 2.59. The first kappa shape index (κ1) is 23.0. The van der Waals surface area contributed by atoms with Gasteiger partial charge in [-0.2, -0.15) is 0 Å². The summed E-state index contributed by atoms with van der Waals surface area (Å²) >= 11 is 0. The molecule has 6 heteroatoms. The van der Waals surface area contributed by atoms with Crippen LogP contribution in [0.4, 0.5) is 4.79 Å². The van der Waals surface area contributed by atoms with Crippen LogP contribution in [0.15, 0.2) is 54.7 Å². The van der Waals surface area contributed by atoms with Gasteiger partial charge in [0.15, 0.2) is 0 Å². The summed E-state index contributed by atoms with van der Waals surface area (Å²) in [4.78, 5) is 12.4. The Labute approximate surface area is 196 Å². The van der Waals surface area contributed by atoms with Gasteiger partial charge < -0.3 is 10.1 Å². The second-order valence-corrected chi connectivity index (χ2v) is 9.70. The molecule has 33 heavy (non-hydrogen) atoms. The first-order valence-electron chi connectivity index (χ1n) is 11.8. The van der Waals surface area contributed by atoms with Crippen molar-refractivity contribution in [1.82, 2.24) is 20.3 Å². The van der Waals surface area contributed by atoms with E-state index in [-0.39, 0.29) is 18.0 Å². The van der Waals surface area contributed by atoms with Crippen molar-refractivity contribution in [3.63, 3.8) is 0 Å². The van der Waals surface area contributed by atoms with Gasteiger partial charge in [0.05, 0.1) is 11.9 Å². The second-order valence-electron chi connectivity index (χ2n) is 9.70. The fourth-order valence-electron chi connectivity index (χ4n) is 4.76. The molecule has 0 fully saturated rings. The van der Waals surface area contributed by atoms with Gasteiger partial charge in [-0.1, -0.05) is 94.8 Å². The van der Waals surface area contributed by atoms with Gasteiger partial charge in [-0.15, -0.1) is 5.10 Å². The Morgan fingerprint density at radius 2 is 1.70 bits per heavy atom. The second kappa shape index (κ2) is 9.38. The average molecular weight is 447 g/mol. The first-order chi connectivity index (χ1) is 15.8. The molecular formula is C27H34N4O2. The van der Waals surface area contributed by atoms with E-state index in [9.17, 15) is 4.79 Å². The van der Waals surface area contributed by atoms with E-state index in [1.54, 1.807) is 4.68 Å². The highest BCUT2D eigenvalue weighted by Crippen LogP contribution is 2.44. The topological polar surface area (TPSA) is 69.0 Å². The van der Waals surface area contributed by atoms with Crippen LogP contribution in [0.25, 0.3) is 11.1 Å². The highest BCUT2D eigenvalue weighted by Gasteiger charge is 2.33. The molecule has 4 rings (SSSR count). The Morgan fingerprint density at radius 1 is 1.09 bits per heavy atom. The molecule has 2 aromatic carbocycles. The van der Waals surface area contributed by atoms with Crippen molar-refractivity contribution in [2.45, 2.75) is 59.0 Å². The molecule has 6 nitrogen and oxygen atoms in total. The molecular weight excluding hydrogens is 412 g/mol. The first-order valence-corrected chi connectivity index (χ1v) is 11.8. The van der Waals surface area contributed by atoms with Crippen LogP contribution in [0.3, 0.4) is 0 Å². The van der Waals surface area contributed by atoms with Gasteiger partial charge in [0.25, 0.3) is 0 Å². The molecule has 3 aromatic rings. The molecule has 1 aliphatic carbocycles. The minimum absolute atomic E-state index is 0.0453. The van der Waals surface area contributed by atoms with E-state index < -0.39 is 6.09 Å². The van der Waals surface area contributed by atoms with Gasteiger partial charge in [0.1, 0.15) is 13.3 Å². The summed E-state index contributed by atoms with van der Waals surface area (Å²) in [6.45, 7) is 11.7. The van der Waals surface area contributed by atoms with Crippen LogP contribution in [0, 0.1) is 11.8 Å². The van der Waals surface area contributed by atoms with Gasteiger partial charge in [-0.3, -0.25) is 0 Å². The zero-order valence-corrected chi connectivity index (χ0v) is 20.2. The zero-order chi connectivity index (χ0) is 23.6. The standard InChI is InChI=1S/C27H34N4O2/c1-6-18(2)19(3)27(4,5)25-15-31(30-29-25)17-28-26(32)33-16-24-22-13-9-7-11-20(22)21-12-8-10-14-23(21)24/h7-15,18-19,24H,6,16-17H2,1-5H3,(H,28,32). The number of nitrogens with one attached hydrogen (secondary N) is 1. The summed E-state index contributed by atoms with van der Waals surface area (Å²) in [5.41, 5.74) is 5.66. The largest absolute Gasteiger partial charge is 0.449 e. The molecule has 1 amide bonds. The Kier molecular flexibility index (Phi) is 6.54. The predicted molar refractivity (Wildman–Crippen MR) is 130 cm³/mol. The van der Waals surface area contributed by atoms with Gasteiger partial charge in [-0.05, 0) is 34.1 Å². The number of ether oxygens (including phenoxy) is 1. The van der Waals surface area contributed by atoms with E-state index in [0.29, 0.717) is 18.4 Å². The lowest BCUT2D eigenvalue weighted by Crippen LogP contribution is -2.31. The SMILES string of the molecule is CCC(C)C(C)C(C)(C)c1cn(CNC(=O)OCC2c3ccccc3-c3ccccc32)nn1. The Morgan fingerprint density at radius 3 is 2.30 bits per heavy atom. The number of aromatic nitrogens is 3. The Balaban J connectivity index is 1.35. The molecule has 0 radical (unpaired) electrons.